The molecule has 1 aromatic heterocycles. The lowest BCUT2D eigenvalue weighted by molar-refractivity contribution is -0.136. The standard InChI is InChI=1S/C13H11BrFNO2S2/c1-7-11(5-12(17)18)20-13(16-7)19-6-8-4-9(15)2-3-10(8)14/h2-4H,5-6H2,1H3,(H,17,18). The normalized spacial score (nSPS) is 10.8. The third-order valence-electron chi connectivity index (χ3n) is 2.54. The predicted molar refractivity (Wildman–Crippen MR) is 81.9 cm³/mol. The zero-order valence-electron chi connectivity index (χ0n) is 10.5. The Hall–Kier alpha value is -0.920. The number of aryl methyl sites for hydroxylation is 1. The minimum absolute atomic E-state index is 0.00623. The van der Waals surface area contributed by atoms with Crippen LogP contribution in [0.25, 0.3) is 0 Å². The maximum Gasteiger partial charge on any atom is 0.308 e. The van der Waals surface area contributed by atoms with Gasteiger partial charge in [-0.25, -0.2) is 9.37 Å². The number of hydrogen-bond donors (Lipinski definition) is 1. The summed E-state index contributed by atoms with van der Waals surface area (Å²) < 4.78 is 14.8. The molecule has 1 aromatic carbocycles. The van der Waals surface area contributed by atoms with Crippen molar-refractivity contribution >= 4 is 45.0 Å². The lowest BCUT2D eigenvalue weighted by Crippen LogP contribution is -1.99. The van der Waals surface area contributed by atoms with E-state index in [9.17, 15) is 9.18 Å². The average molecular weight is 376 g/mol. The third-order valence-corrected chi connectivity index (χ3v) is 5.67. The summed E-state index contributed by atoms with van der Waals surface area (Å²) in [7, 11) is 0. The number of thioether (sulfide) groups is 1. The van der Waals surface area contributed by atoms with E-state index in [2.05, 4.69) is 20.9 Å². The first kappa shape index (κ1) is 15.5. The molecular weight excluding hydrogens is 365 g/mol. The van der Waals surface area contributed by atoms with Gasteiger partial charge >= 0.3 is 5.97 Å². The highest BCUT2D eigenvalue weighted by Crippen LogP contribution is 2.32. The Kier molecular flexibility index (Phi) is 5.17. The van der Waals surface area contributed by atoms with Crippen molar-refractivity contribution in [2.75, 3.05) is 0 Å². The Balaban J connectivity index is 2.07. The zero-order valence-corrected chi connectivity index (χ0v) is 13.7. The molecule has 2 rings (SSSR count). The van der Waals surface area contributed by atoms with Gasteiger partial charge in [-0.2, -0.15) is 0 Å². The average Bonchev–Trinajstić information content (AvgIpc) is 2.70. The molecule has 1 heterocycles. The van der Waals surface area contributed by atoms with Crippen molar-refractivity contribution < 1.29 is 14.3 Å². The van der Waals surface area contributed by atoms with Gasteiger partial charge in [0.25, 0.3) is 0 Å². The summed E-state index contributed by atoms with van der Waals surface area (Å²) in [6.07, 6.45) is -0.00623. The van der Waals surface area contributed by atoms with Gasteiger partial charge in [0, 0.05) is 15.1 Å². The first-order chi connectivity index (χ1) is 9.45. The van der Waals surface area contributed by atoms with Gasteiger partial charge in [-0.15, -0.1) is 11.3 Å². The molecule has 20 heavy (non-hydrogen) atoms. The number of halogens is 2. The Labute approximate surface area is 132 Å². The summed E-state index contributed by atoms with van der Waals surface area (Å²) in [5.74, 6) is -0.551. The molecule has 0 fully saturated rings. The van der Waals surface area contributed by atoms with E-state index in [1.807, 2.05) is 0 Å². The van der Waals surface area contributed by atoms with Crippen molar-refractivity contribution in [2.24, 2.45) is 0 Å². The number of hydrogen-bond acceptors (Lipinski definition) is 4. The van der Waals surface area contributed by atoms with Gasteiger partial charge in [0.2, 0.25) is 0 Å². The van der Waals surface area contributed by atoms with E-state index in [0.717, 1.165) is 24.9 Å². The van der Waals surface area contributed by atoms with E-state index < -0.39 is 5.97 Å². The minimum atomic E-state index is -0.860. The molecule has 1 N–H and O–H groups in total. The van der Waals surface area contributed by atoms with Crippen LogP contribution in [0.5, 0.6) is 0 Å². The smallest absolute Gasteiger partial charge is 0.308 e. The second-order valence-electron chi connectivity index (χ2n) is 4.08. The van der Waals surface area contributed by atoms with E-state index in [0.29, 0.717) is 5.75 Å². The molecule has 0 unspecified atom stereocenters. The molecule has 0 saturated carbocycles. The van der Waals surface area contributed by atoms with Crippen LogP contribution >= 0.6 is 39.0 Å². The Morgan fingerprint density at radius 1 is 1.55 bits per heavy atom. The van der Waals surface area contributed by atoms with Crippen molar-refractivity contribution in [1.82, 2.24) is 4.98 Å². The number of aromatic nitrogens is 1. The first-order valence-corrected chi connectivity index (χ1v) is 8.30. The van der Waals surface area contributed by atoms with Gasteiger partial charge in [-0.3, -0.25) is 4.79 Å². The van der Waals surface area contributed by atoms with Crippen LogP contribution in [0.1, 0.15) is 16.1 Å². The van der Waals surface area contributed by atoms with Crippen molar-refractivity contribution in [3.8, 4) is 0 Å². The number of carbonyl (C=O) groups is 1. The minimum Gasteiger partial charge on any atom is -0.481 e. The van der Waals surface area contributed by atoms with Gasteiger partial charge in [0.15, 0.2) is 4.34 Å². The molecule has 0 aliphatic rings. The molecule has 106 valence electrons. The first-order valence-electron chi connectivity index (χ1n) is 5.70. The monoisotopic (exact) mass is 375 g/mol. The number of benzene rings is 1. The van der Waals surface area contributed by atoms with Crippen LogP contribution in [-0.2, 0) is 17.0 Å². The van der Waals surface area contributed by atoms with Crippen molar-refractivity contribution in [3.63, 3.8) is 0 Å². The summed E-state index contributed by atoms with van der Waals surface area (Å²) in [6, 6.07) is 4.56. The van der Waals surface area contributed by atoms with E-state index in [1.165, 1.54) is 35.2 Å². The quantitative estimate of drug-likeness (QED) is 0.792. The fraction of sp³-hybridized carbons (Fsp3) is 0.231. The Morgan fingerprint density at radius 3 is 3.00 bits per heavy atom. The topological polar surface area (TPSA) is 50.2 Å². The van der Waals surface area contributed by atoms with Gasteiger partial charge < -0.3 is 5.11 Å². The molecule has 0 aliphatic carbocycles. The molecule has 7 heteroatoms. The fourth-order valence-corrected chi connectivity index (χ4v) is 4.35. The lowest BCUT2D eigenvalue weighted by Gasteiger charge is -2.02. The summed E-state index contributed by atoms with van der Waals surface area (Å²) in [5, 5.41) is 8.80. The van der Waals surface area contributed by atoms with E-state index in [-0.39, 0.29) is 12.2 Å². The highest BCUT2D eigenvalue weighted by Gasteiger charge is 2.12. The van der Waals surface area contributed by atoms with Gasteiger partial charge in [-0.1, -0.05) is 27.7 Å². The maximum atomic E-state index is 13.2. The van der Waals surface area contributed by atoms with Crippen LogP contribution in [0.3, 0.4) is 0 Å². The van der Waals surface area contributed by atoms with Gasteiger partial charge in [0.05, 0.1) is 12.1 Å². The van der Waals surface area contributed by atoms with Crippen LogP contribution in [0, 0.1) is 12.7 Å². The molecule has 0 bridgehead atoms. The summed E-state index contributed by atoms with van der Waals surface area (Å²) >= 11 is 6.24. The number of rotatable bonds is 5. The molecular formula is C13H11BrFNO2S2. The molecule has 0 radical (unpaired) electrons. The predicted octanol–water partition coefficient (Wildman–Crippen LogP) is 4.27. The van der Waals surface area contributed by atoms with Crippen LogP contribution in [-0.4, -0.2) is 16.1 Å². The SMILES string of the molecule is Cc1nc(SCc2cc(F)ccc2Br)sc1CC(=O)O. The molecule has 0 spiro atoms. The fourth-order valence-electron chi connectivity index (χ4n) is 1.56. The summed E-state index contributed by atoms with van der Waals surface area (Å²) in [6.45, 7) is 1.80. The van der Waals surface area contributed by atoms with Crippen LogP contribution in [0.15, 0.2) is 27.0 Å². The molecule has 2 aromatic rings. The van der Waals surface area contributed by atoms with Crippen LogP contribution < -0.4 is 0 Å². The zero-order chi connectivity index (χ0) is 14.7. The Bertz CT molecular complexity index is 645. The highest BCUT2D eigenvalue weighted by atomic mass is 79.9. The lowest BCUT2D eigenvalue weighted by atomic mass is 10.2. The number of aliphatic carboxylic acids is 1. The highest BCUT2D eigenvalue weighted by molar-refractivity contribution is 9.10. The molecule has 0 aliphatic heterocycles. The summed E-state index contributed by atoms with van der Waals surface area (Å²) in [4.78, 5) is 15.8. The number of carboxylic acids is 1. The van der Waals surface area contributed by atoms with Gasteiger partial charge in [-0.05, 0) is 30.7 Å². The summed E-state index contributed by atoms with van der Waals surface area (Å²) in [5.41, 5.74) is 1.60. The largest absolute Gasteiger partial charge is 0.481 e. The molecule has 0 atom stereocenters. The number of thiazole rings is 1. The van der Waals surface area contributed by atoms with Crippen LogP contribution in [0.2, 0.25) is 0 Å². The molecule has 3 nitrogen and oxygen atoms in total. The second kappa shape index (κ2) is 6.69. The number of carboxylic acid groups (broad SMARTS) is 1. The Morgan fingerprint density at radius 2 is 2.30 bits per heavy atom. The molecule has 0 amide bonds. The van der Waals surface area contributed by atoms with Crippen molar-refractivity contribution in [3.05, 3.63) is 44.6 Å². The number of nitrogens with zero attached hydrogens (tertiary/aromatic N) is 1. The van der Waals surface area contributed by atoms with Crippen molar-refractivity contribution in [1.29, 1.82) is 0 Å². The third kappa shape index (κ3) is 4.04. The second-order valence-corrected chi connectivity index (χ2v) is 7.24. The maximum absolute atomic E-state index is 13.2. The van der Waals surface area contributed by atoms with Crippen LogP contribution in [0.4, 0.5) is 4.39 Å². The molecule has 0 saturated heterocycles. The van der Waals surface area contributed by atoms with Gasteiger partial charge in [0.1, 0.15) is 5.82 Å². The van der Waals surface area contributed by atoms with E-state index in [1.54, 1.807) is 13.0 Å². The van der Waals surface area contributed by atoms with E-state index in [4.69, 9.17) is 5.11 Å². The van der Waals surface area contributed by atoms with Crippen molar-refractivity contribution in [2.45, 2.75) is 23.4 Å². The van der Waals surface area contributed by atoms with E-state index >= 15 is 0 Å².